The van der Waals surface area contributed by atoms with Gasteiger partial charge >= 0.3 is 0 Å². The van der Waals surface area contributed by atoms with E-state index in [0.717, 1.165) is 67.5 Å². The van der Waals surface area contributed by atoms with Gasteiger partial charge < -0.3 is 20.5 Å². The second-order valence-electron chi connectivity index (χ2n) is 9.89. The Balaban J connectivity index is 1.11. The Bertz CT molecular complexity index is 1810. The van der Waals surface area contributed by atoms with Crippen molar-refractivity contribution in [3.63, 3.8) is 0 Å². The standard InChI is InChI=1S/C31H26FN7/c1-19-14-24(10-12-33-19)35-23-6-8-29-30(15-23)38-31(37-29)20-2-4-22(5-3-20)36-28-11-13-34-27-9-7-25(16-26(27)28)39-17-21(32)18-39/h2-16,21H,17-18H2,1H3,(H,33,35)(H,34,36)(H,37,38). The number of benzene rings is 3. The predicted octanol–water partition coefficient (Wildman–Crippen LogP) is 7.13. The molecule has 7 rings (SSSR count). The number of hydrogen-bond acceptors (Lipinski definition) is 6. The monoisotopic (exact) mass is 515 g/mol. The third-order valence-corrected chi connectivity index (χ3v) is 7.03. The summed E-state index contributed by atoms with van der Waals surface area (Å²) in [6.07, 6.45) is 2.85. The second kappa shape index (κ2) is 9.40. The molecule has 0 aliphatic carbocycles. The van der Waals surface area contributed by atoms with Gasteiger partial charge in [-0.3, -0.25) is 9.97 Å². The molecule has 0 atom stereocenters. The van der Waals surface area contributed by atoms with Crippen molar-refractivity contribution in [2.75, 3.05) is 28.6 Å². The Kier molecular flexibility index (Phi) is 5.58. The molecule has 1 aliphatic rings. The Morgan fingerprint density at radius 3 is 2.38 bits per heavy atom. The lowest BCUT2D eigenvalue weighted by atomic mass is 10.1. The molecule has 0 bridgehead atoms. The van der Waals surface area contributed by atoms with Crippen molar-refractivity contribution in [3.05, 3.63) is 97.0 Å². The minimum absolute atomic E-state index is 0.444. The normalized spacial score (nSPS) is 13.5. The lowest BCUT2D eigenvalue weighted by molar-refractivity contribution is 0.275. The molecule has 0 unspecified atom stereocenters. The highest BCUT2D eigenvalue weighted by molar-refractivity contribution is 5.95. The van der Waals surface area contributed by atoms with E-state index in [1.807, 2.05) is 66.4 Å². The lowest BCUT2D eigenvalue weighted by Crippen LogP contribution is -2.48. The summed E-state index contributed by atoms with van der Waals surface area (Å²) in [6.45, 7) is 2.86. The van der Waals surface area contributed by atoms with E-state index in [-0.39, 0.29) is 0 Å². The number of aromatic nitrogens is 4. The molecule has 192 valence electrons. The van der Waals surface area contributed by atoms with Gasteiger partial charge in [0.25, 0.3) is 0 Å². The molecule has 0 spiro atoms. The third-order valence-electron chi connectivity index (χ3n) is 7.03. The first kappa shape index (κ1) is 23.2. The maximum Gasteiger partial charge on any atom is 0.138 e. The summed E-state index contributed by atoms with van der Waals surface area (Å²) in [4.78, 5) is 19.0. The highest BCUT2D eigenvalue weighted by Crippen LogP contribution is 2.32. The fraction of sp³-hybridized carbons (Fsp3) is 0.129. The quantitative estimate of drug-likeness (QED) is 0.219. The van der Waals surface area contributed by atoms with Gasteiger partial charge in [0.15, 0.2) is 0 Å². The van der Waals surface area contributed by atoms with Gasteiger partial charge in [-0.2, -0.15) is 0 Å². The molecular weight excluding hydrogens is 489 g/mol. The highest BCUT2D eigenvalue weighted by Gasteiger charge is 2.26. The Hall–Kier alpha value is -4.98. The average molecular weight is 516 g/mol. The maximum absolute atomic E-state index is 13.4. The molecule has 0 radical (unpaired) electrons. The molecule has 0 saturated carbocycles. The Morgan fingerprint density at radius 2 is 1.56 bits per heavy atom. The van der Waals surface area contributed by atoms with Gasteiger partial charge in [0, 0.05) is 57.5 Å². The number of alkyl halides is 1. The number of imidazole rings is 1. The van der Waals surface area contributed by atoms with Crippen molar-refractivity contribution in [1.82, 2.24) is 19.9 Å². The lowest BCUT2D eigenvalue weighted by Gasteiger charge is -2.36. The van der Waals surface area contributed by atoms with Gasteiger partial charge in [0.2, 0.25) is 0 Å². The summed E-state index contributed by atoms with van der Waals surface area (Å²) in [5, 5.41) is 7.95. The third kappa shape index (κ3) is 4.61. The molecule has 4 heterocycles. The van der Waals surface area contributed by atoms with Crippen LogP contribution in [0.4, 0.5) is 32.8 Å². The van der Waals surface area contributed by atoms with Crippen molar-refractivity contribution >= 4 is 50.4 Å². The number of hydrogen-bond donors (Lipinski definition) is 3. The molecular formula is C31H26FN7. The van der Waals surface area contributed by atoms with Crippen molar-refractivity contribution < 1.29 is 4.39 Å². The van der Waals surface area contributed by atoms with Gasteiger partial charge in [0.1, 0.15) is 12.0 Å². The Morgan fingerprint density at radius 1 is 0.795 bits per heavy atom. The van der Waals surface area contributed by atoms with Gasteiger partial charge in [-0.1, -0.05) is 0 Å². The van der Waals surface area contributed by atoms with E-state index < -0.39 is 6.17 Å². The fourth-order valence-electron chi connectivity index (χ4n) is 4.96. The number of nitrogens with one attached hydrogen (secondary N) is 3. The van der Waals surface area contributed by atoms with E-state index in [9.17, 15) is 4.39 Å². The van der Waals surface area contributed by atoms with E-state index in [2.05, 4.69) is 49.9 Å². The zero-order chi connectivity index (χ0) is 26.3. The summed E-state index contributed by atoms with van der Waals surface area (Å²) in [7, 11) is 0. The number of pyridine rings is 2. The first-order chi connectivity index (χ1) is 19.1. The molecule has 1 saturated heterocycles. The second-order valence-corrected chi connectivity index (χ2v) is 9.89. The van der Waals surface area contributed by atoms with E-state index in [4.69, 9.17) is 4.98 Å². The average Bonchev–Trinajstić information content (AvgIpc) is 3.35. The molecule has 7 nitrogen and oxygen atoms in total. The number of aromatic amines is 1. The van der Waals surface area contributed by atoms with Crippen molar-refractivity contribution in [1.29, 1.82) is 0 Å². The number of anilines is 5. The summed E-state index contributed by atoms with van der Waals surface area (Å²) in [6, 6.07) is 26.3. The van der Waals surface area contributed by atoms with E-state index >= 15 is 0 Å². The van der Waals surface area contributed by atoms with Crippen LogP contribution in [0.1, 0.15) is 5.69 Å². The number of aryl methyl sites for hydroxylation is 1. The number of nitrogens with zero attached hydrogens (tertiary/aromatic N) is 4. The van der Waals surface area contributed by atoms with Crippen molar-refractivity contribution in [3.8, 4) is 11.4 Å². The van der Waals surface area contributed by atoms with Crippen LogP contribution in [0.15, 0.2) is 91.3 Å². The van der Waals surface area contributed by atoms with Crippen LogP contribution < -0.4 is 15.5 Å². The summed E-state index contributed by atoms with van der Waals surface area (Å²) in [5.41, 5.74) is 9.64. The molecule has 39 heavy (non-hydrogen) atoms. The molecule has 3 aromatic carbocycles. The number of halogens is 1. The number of fused-ring (bicyclic) bond motifs is 2. The molecule has 6 aromatic rings. The van der Waals surface area contributed by atoms with E-state index in [1.54, 1.807) is 12.4 Å². The minimum atomic E-state index is -0.743. The van der Waals surface area contributed by atoms with Crippen LogP contribution in [0.25, 0.3) is 33.3 Å². The Labute approximate surface area is 224 Å². The van der Waals surface area contributed by atoms with E-state index in [0.29, 0.717) is 13.1 Å². The molecule has 3 aromatic heterocycles. The maximum atomic E-state index is 13.4. The zero-order valence-electron chi connectivity index (χ0n) is 21.3. The minimum Gasteiger partial charge on any atom is -0.366 e. The summed E-state index contributed by atoms with van der Waals surface area (Å²) in [5.74, 6) is 0.813. The van der Waals surface area contributed by atoms with Gasteiger partial charge in [0.05, 0.1) is 29.6 Å². The van der Waals surface area contributed by atoms with Crippen LogP contribution in [0.5, 0.6) is 0 Å². The first-order valence-electron chi connectivity index (χ1n) is 12.9. The largest absolute Gasteiger partial charge is 0.366 e. The smallest absolute Gasteiger partial charge is 0.138 e. The van der Waals surface area contributed by atoms with Crippen LogP contribution >= 0.6 is 0 Å². The van der Waals surface area contributed by atoms with Crippen LogP contribution in [0, 0.1) is 6.92 Å². The van der Waals surface area contributed by atoms with Crippen LogP contribution in [0.2, 0.25) is 0 Å². The number of rotatable bonds is 6. The molecule has 1 aliphatic heterocycles. The highest BCUT2D eigenvalue weighted by atomic mass is 19.1. The first-order valence-corrected chi connectivity index (χ1v) is 12.9. The number of H-pyrrole nitrogens is 1. The zero-order valence-corrected chi connectivity index (χ0v) is 21.3. The topological polar surface area (TPSA) is 81.8 Å². The predicted molar refractivity (Wildman–Crippen MR) is 156 cm³/mol. The van der Waals surface area contributed by atoms with E-state index in [1.165, 1.54) is 0 Å². The van der Waals surface area contributed by atoms with Crippen molar-refractivity contribution in [2.45, 2.75) is 13.1 Å². The van der Waals surface area contributed by atoms with Crippen LogP contribution in [-0.2, 0) is 0 Å². The van der Waals surface area contributed by atoms with Crippen LogP contribution in [-0.4, -0.2) is 39.2 Å². The molecule has 8 heteroatoms. The van der Waals surface area contributed by atoms with Crippen molar-refractivity contribution in [2.24, 2.45) is 0 Å². The van der Waals surface area contributed by atoms with Gasteiger partial charge in [-0.05, 0) is 85.8 Å². The van der Waals surface area contributed by atoms with Crippen LogP contribution in [0.3, 0.4) is 0 Å². The SMILES string of the molecule is Cc1cc(Nc2ccc3nc(-c4ccc(Nc5ccnc6ccc(N7CC(F)C7)cc56)cc4)[nH]c3c2)ccn1. The summed E-state index contributed by atoms with van der Waals surface area (Å²) < 4.78 is 13.4. The fourth-order valence-corrected chi connectivity index (χ4v) is 4.96. The van der Waals surface area contributed by atoms with Gasteiger partial charge in [-0.15, -0.1) is 0 Å². The molecule has 1 fully saturated rings. The summed E-state index contributed by atoms with van der Waals surface area (Å²) >= 11 is 0. The molecule has 0 amide bonds. The molecule has 3 N–H and O–H groups in total. The van der Waals surface area contributed by atoms with Gasteiger partial charge in [-0.25, -0.2) is 9.37 Å².